The van der Waals surface area contributed by atoms with E-state index in [0.717, 1.165) is 25.0 Å². The van der Waals surface area contributed by atoms with Crippen LogP contribution >= 0.6 is 11.6 Å². The highest BCUT2D eigenvalue weighted by Crippen LogP contribution is 2.53. The first-order valence-corrected chi connectivity index (χ1v) is 16.4. The first-order valence-electron chi connectivity index (χ1n) is 16.0. The molecule has 0 amide bonds. The zero-order valence-electron chi connectivity index (χ0n) is 28.7. The first-order chi connectivity index (χ1) is 24.4. The third kappa shape index (κ3) is 8.50. The Balaban J connectivity index is 1.45. The third-order valence-electron chi connectivity index (χ3n) is 8.23. The summed E-state index contributed by atoms with van der Waals surface area (Å²) in [5, 5.41) is 4.52. The van der Waals surface area contributed by atoms with Crippen LogP contribution in [0.4, 0.5) is 0 Å². The van der Waals surface area contributed by atoms with Crippen molar-refractivity contribution in [1.82, 2.24) is 0 Å². The van der Waals surface area contributed by atoms with Gasteiger partial charge >= 0.3 is 23.9 Å². The second-order valence-electron chi connectivity index (χ2n) is 12.0. The number of oxime groups is 1. The van der Waals surface area contributed by atoms with Gasteiger partial charge in [-0.15, -0.1) is 0 Å². The molecule has 2 heterocycles. The Hall–Kier alpha value is -4.98. The van der Waals surface area contributed by atoms with Crippen molar-refractivity contribution in [3.8, 4) is 5.75 Å². The number of carbonyl (C=O) groups excluding carboxylic acids is 4. The number of ether oxygens (including phenoxy) is 7. The van der Waals surface area contributed by atoms with Crippen LogP contribution in [0.3, 0.4) is 0 Å². The highest BCUT2D eigenvalue weighted by Gasteiger charge is 2.72. The second-order valence-corrected chi connectivity index (χ2v) is 12.4. The Bertz CT molecular complexity index is 1780. The normalized spacial score (nSPS) is 23.9. The Morgan fingerprint density at radius 2 is 1.51 bits per heavy atom. The van der Waals surface area contributed by atoms with E-state index in [1.807, 2.05) is 54.6 Å². The lowest BCUT2D eigenvalue weighted by Crippen LogP contribution is -2.68. The summed E-state index contributed by atoms with van der Waals surface area (Å²) in [6.07, 6.45) is -3.88. The average Bonchev–Trinajstić information content (AvgIpc) is 3.45. The van der Waals surface area contributed by atoms with Crippen LogP contribution < -0.4 is 4.74 Å². The maximum absolute atomic E-state index is 12.5. The Kier molecular flexibility index (Phi) is 11.6. The SMILES string of the molecule is CO/N=C(/COc1ccc(Cc2cc([C@]34OC[C@](COC(C)=O)(O3)[C@@H](OC(C)=O)[C@H](OC(C)=O)[C@H]4OC(C)=O)ccc2Cl)cc1)c1ccccc1. The molecule has 270 valence electrons. The van der Waals surface area contributed by atoms with E-state index in [1.54, 1.807) is 18.2 Å². The van der Waals surface area contributed by atoms with Gasteiger partial charge in [-0.1, -0.05) is 65.3 Å². The lowest BCUT2D eigenvalue weighted by Gasteiger charge is -2.49. The predicted octanol–water partition coefficient (Wildman–Crippen LogP) is 4.67. The molecule has 0 saturated carbocycles. The van der Waals surface area contributed by atoms with Crippen LogP contribution in [0.2, 0.25) is 5.02 Å². The molecule has 0 unspecified atom stereocenters. The van der Waals surface area contributed by atoms with E-state index in [2.05, 4.69) is 5.16 Å². The largest absolute Gasteiger partial charge is 0.487 e. The van der Waals surface area contributed by atoms with Crippen molar-refractivity contribution in [2.45, 2.75) is 63.8 Å². The van der Waals surface area contributed by atoms with Gasteiger partial charge in [-0.2, -0.15) is 0 Å². The fourth-order valence-corrected chi connectivity index (χ4v) is 6.31. The minimum absolute atomic E-state index is 0.183. The van der Waals surface area contributed by atoms with Gasteiger partial charge in [0, 0.05) is 43.8 Å². The molecule has 51 heavy (non-hydrogen) atoms. The lowest BCUT2D eigenvalue weighted by atomic mass is 9.83. The Labute approximate surface area is 299 Å². The summed E-state index contributed by atoms with van der Waals surface area (Å²) in [5.74, 6) is -4.15. The minimum atomic E-state index is -1.89. The van der Waals surface area contributed by atoms with Gasteiger partial charge < -0.3 is 38.0 Å². The molecule has 0 spiro atoms. The molecular formula is C37H38ClNO12. The van der Waals surface area contributed by atoms with Crippen molar-refractivity contribution in [2.75, 3.05) is 26.9 Å². The number of rotatable bonds is 13. The highest BCUT2D eigenvalue weighted by molar-refractivity contribution is 6.31. The average molecular weight is 724 g/mol. The van der Waals surface area contributed by atoms with Gasteiger partial charge in [0.1, 0.15) is 31.8 Å². The molecule has 2 aliphatic rings. The van der Waals surface area contributed by atoms with Crippen LogP contribution in [-0.4, -0.2) is 80.4 Å². The molecule has 5 rings (SSSR count). The van der Waals surface area contributed by atoms with Crippen LogP contribution in [0.15, 0.2) is 78.0 Å². The monoisotopic (exact) mass is 723 g/mol. The summed E-state index contributed by atoms with van der Waals surface area (Å²) in [6, 6.07) is 22.0. The molecule has 3 aromatic carbocycles. The summed E-state index contributed by atoms with van der Waals surface area (Å²) in [6.45, 7) is 4.16. The Morgan fingerprint density at radius 3 is 2.14 bits per heavy atom. The summed E-state index contributed by atoms with van der Waals surface area (Å²) >= 11 is 6.70. The number of halogens is 1. The third-order valence-corrected chi connectivity index (χ3v) is 8.60. The standard InChI is InChI=1S/C37H38ClNO12/c1-22(40)46-20-36-21-47-37(51-36,35(50-25(4)43)33(48-23(2)41)34(36)49-24(3)42)29-13-16-31(38)28(18-29)17-26-11-14-30(15-12-26)45-19-32(39-44-5)27-9-7-6-8-10-27/h6-16,18,33-35H,17,19-21H2,1-5H3/b39-32-/t33-,34-,35+,36-,37-/m0/s1. The van der Waals surface area contributed by atoms with Crippen LogP contribution in [-0.2, 0) is 64.6 Å². The summed E-state index contributed by atoms with van der Waals surface area (Å²) < 4.78 is 41.2. The summed E-state index contributed by atoms with van der Waals surface area (Å²) in [7, 11) is 1.48. The van der Waals surface area contributed by atoms with E-state index >= 15 is 0 Å². The zero-order chi connectivity index (χ0) is 36.8. The fraction of sp³-hybridized carbons (Fsp3) is 0.378. The van der Waals surface area contributed by atoms with Crippen molar-refractivity contribution >= 4 is 41.2 Å². The van der Waals surface area contributed by atoms with Gasteiger partial charge in [0.2, 0.25) is 11.9 Å². The first kappa shape index (κ1) is 37.3. The van der Waals surface area contributed by atoms with Crippen molar-refractivity contribution in [2.24, 2.45) is 5.16 Å². The van der Waals surface area contributed by atoms with Crippen LogP contribution in [0.1, 0.15) is 49.9 Å². The Morgan fingerprint density at radius 1 is 0.843 bits per heavy atom. The number of carbonyl (C=O) groups is 4. The number of hydrogen-bond acceptors (Lipinski definition) is 13. The molecule has 3 aromatic rings. The molecule has 2 aliphatic heterocycles. The molecule has 14 heteroatoms. The van der Waals surface area contributed by atoms with Crippen LogP contribution in [0.5, 0.6) is 5.75 Å². The van der Waals surface area contributed by atoms with E-state index in [-0.39, 0.29) is 13.2 Å². The fourth-order valence-electron chi connectivity index (χ4n) is 6.13. The van der Waals surface area contributed by atoms with Gasteiger partial charge in [-0.05, 0) is 41.8 Å². The van der Waals surface area contributed by atoms with E-state index in [1.165, 1.54) is 21.0 Å². The van der Waals surface area contributed by atoms with Gasteiger partial charge in [0.15, 0.2) is 17.8 Å². The van der Waals surface area contributed by atoms with E-state index in [9.17, 15) is 19.2 Å². The molecule has 2 bridgehead atoms. The molecule has 5 atom stereocenters. The topological polar surface area (TPSA) is 154 Å². The zero-order valence-corrected chi connectivity index (χ0v) is 29.5. The maximum atomic E-state index is 12.5. The number of nitrogens with zero attached hydrogens (tertiary/aromatic N) is 1. The number of esters is 4. The van der Waals surface area contributed by atoms with Crippen molar-refractivity contribution in [3.63, 3.8) is 0 Å². The number of hydrogen-bond donors (Lipinski definition) is 0. The quantitative estimate of drug-likeness (QED) is 0.104. The van der Waals surface area contributed by atoms with Crippen molar-refractivity contribution in [3.05, 3.63) is 100 Å². The predicted molar refractivity (Wildman–Crippen MR) is 181 cm³/mol. The molecule has 2 saturated heterocycles. The maximum Gasteiger partial charge on any atom is 0.303 e. The number of benzene rings is 3. The van der Waals surface area contributed by atoms with Crippen molar-refractivity contribution in [1.29, 1.82) is 0 Å². The summed E-state index contributed by atoms with van der Waals surface area (Å²) in [5.41, 5.74) is 1.77. The molecule has 0 radical (unpaired) electrons. The molecule has 0 aromatic heterocycles. The lowest BCUT2D eigenvalue weighted by molar-refractivity contribution is -0.334. The highest BCUT2D eigenvalue weighted by atomic mass is 35.5. The van der Waals surface area contributed by atoms with Crippen LogP contribution in [0.25, 0.3) is 0 Å². The van der Waals surface area contributed by atoms with E-state index < -0.39 is 60.2 Å². The van der Waals surface area contributed by atoms with Crippen LogP contribution in [0, 0.1) is 0 Å². The second kappa shape index (κ2) is 15.9. The molecular weight excluding hydrogens is 686 g/mol. The molecule has 0 aliphatic carbocycles. The minimum Gasteiger partial charge on any atom is -0.487 e. The van der Waals surface area contributed by atoms with Gasteiger partial charge in [0.05, 0.1) is 6.61 Å². The molecule has 13 nitrogen and oxygen atoms in total. The van der Waals surface area contributed by atoms with E-state index in [0.29, 0.717) is 34.0 Å². The van der Waals surface area contributed by atoms with Gasteiger partial charge in [0.25, 0.3) is 0 Å². The van der Waals surface area contributed by atoms with Crippen molar-refractivity contribution < 1.29 is 57.2 Å². The van der Waals surface area contributed by atoms with E-state index in [4.69, 9.17) is 49.6 Å². The number of fused-ring (bicyclic) bond motifs is 2. The summed E-state index contributed by atoms with van der Waals surface area (Å²) in [4.78, 5) is 54.1. The smallest absolute Gasteiger partial charge is 0.303 e. The van der Waals surface area contributed by atoms with Gasteiger partial charge in [-0.3, -0.25) is 19.2 Å². The molecule has 2 fully saturated rings. The molecule has 0 N–H and O–H groups in total. The van der Waals surface area contributed by atoms with Gasteiger partial charge in [-0.25, -0.2) is 0 Å².